The van der Waals surface area contributed by atoms with Crippen molar-refractivity contribution in [3.8, 4) is 11.5 Å². The Morgan fingerprint density at radius 2 is 2.08 bits per heavy atom. The van der Waals surface area contributed by atoms with Crippen LogP contribution in [0.1, 0.15) is 76.3 Å². The van der Waals surface area contributed by atoms with Crippen LogP contribution in [0.15, 0.2) is 12.1 Å². The Hall–Kier alpha value is -1.83. The number of phenols is 1. The number of rotatable bonds is 10. The van der Waals surface area contributed by atoms with E-state index in [0.29, 0.717) is 18.4 Å². The van der Waals surface area contributed by atoms with Crippen molar-refractivity contribution in [3.63, 3.8) is 0 Å². The SMILES string of the molecule is CC[C@H](C)[C@H](N)C(=O)OC[C@H]1C[C@@]23CC[C@]1(OC)[C@@H]1Oc4c(O)ccc(c4C12)C[C@H]3N(CC)CC1CC1. The lowest BCUT2D eigenvalue weighted by Crippen LogP contribution is -2.72. The number of ether oxygens (including phenoxy) is 3. The molecule has 0 amide bonds. The van der Waals surface area contributed by atoms with Crippen LogP contribution in [0.2, 0.25) is 0 Å². The molecule has 37 heavy (non-hydrogen) atoms. The summed E-state index contributed by atoms with van der Waals surface area (Å²) in [5, 5.41) is 10.8. The lowest BCUT2D eigenvalue weighted by molar-refractivity contribution is -0.241. The molecule has 1 unspecified atom stereocenters. The first-order valence-corrected chi connectivity index (χ1v) is 14.5. The smallest absolute Gasteiger partial charge is 0.323 e. The van der Waals surface area contributed by atoms with Crippen molar-refractivity contribution < 1.29 is 24.1 Å². The van der Waals surface area contributed by atoms with Crippen molar-refractivity contribution in [2.45, 2.75) is 95.4 Å². The number of hydrogen-bond acceptors (Lipinski definition) is 7. The van der Waals surface area contributed by atoms with Crippen LogP contribution in [0.4, 0.5) is 0 Å². The van der Waals surface area contributed by atoms with Crippen LogP contribution in [0.5, 0.6) is 11.5 Å². The second-order valence-corrected chi connectivity index (χ2v) is 12.6. The van der Waals surface area contributed by atoms with Crippen molar-refractivity contribution in [3.05, 3.63) is 23.3 Å². The molecule has 4 fully saturated rings. The summed E-state index contributed by atoms with van der Waals surface area (Å²) in [7, 11) is 1.77. The third kappa shape index (κ3) is 3.67. The monoisotopic (exact) mass is 512 g/mol. The Morgan fingerprint density at radius 1 is 1.30 bits per heavy atom. The van der Waals surface area contributed by atoms with Gasteiger partial charge in [0.2, 0.25) is 0 Å². The molecule has 7 heteroatoms. The maximum Gasteiger partial charge on any atom is 0.323 e. The van der Waals surface area contributed by atoms with E-state index < -0.39 is 11.6 Å². The van der Waals surface area contributed by atoms with Gasteiger partial charge in [-0.1, -0.05) is 33.3 Å². The standard InChI is InChI=1S/C30H44N2O5/c1-5-17(3)25(31)28(34)36-16-20-14-29-11-12-30(20,35-4)27-24(29)23-19(9-10-21(33)26(23)37-27)13-22(29)32(6-2)15-18-7-8-18/h9-10,17-18,20,22,24-25,27,33H,5-8,11-16,31H2,1-4H3/t17-,20+,22+,24?,25-,27+,29+,30+/m0/s1. The summed E-state index contributed by atoms with van der Waals surface area (Å²) in [5.74, 6) is 1.64. The van der Waals surface area contributed by atoms with Gasteiger partial charge in [0, 0.05) is 37.1 Å². The van der Waals surface area contributed by atoms with E-state index in [1.54, 1.807) is 13.2 Å². The Kier molecular flexibility index (Phi) is 6.28. The van der Waals surface area contributed by atoms with Gasteiger partial charge in [-0.25, -0.2) is 0 Å². The molecular weight excluding hydrogens is 468 g/mol. The van der Waals surface area contributed by atoms with Gasteiger partial charge in [-0.3, -0.25) is 9.69 Å². The number of esters is 1. The van der Waals surface area contributed by atoms with Crippen LogP contribution in [0.3, 0.4) is 0 Å². The molecule has 0 radical (unpaired) electrons. The first-order chi connectivity index (χ1) is 17.8. The molecule has 1 aliphatic heterocycles. The third-order valence-electron chi connectivity index (χ3n) is 11.0. The molecule has 6 aliphatic rings. The predicted molar refractivity (Wildman–Crippen MR) is 141 cm³/mol. The molecule has 5 aliphatic carbocycles. The molecule has 4 saturated carbocycles. The van der Waals surface area contributed by atoms with Crippen LogP contribution in [-0.4, -0.2) is 66.6 Å². The van der Waals surface area contributed by atoms with Crippen LogP contribution < -0.4 is 10.5 Å². The zero-order chi connectivity index (χ0) is 26.1. The number of likely N-dealkylation sites (N-methyl/N-ethyl adjacent to an activating group) is 1. The zero-order valence-electron chi connectivity index (χ0n) is 22.9. The summed E-state index contributed by atoms with van der Waals surface area (Å²) in [5.41, 5.74) is 8.17. The molecular formula is C30H44N2O5. The summed E-state index contributed by atoms with van der Waals surface area (Å²) < 4.78 is 19.0. The van der Waals surface area contributed by atoms with E-state index in [1.165, 1.54) is 24.0 Å². The van der Waals surface area contributed by atoms with Crippen LogP contribution >= 0.6 is 0 Å². The van der Waals surface area contributed by atoms with Gasteiger partial charge in [0.05, 0.1) is 6.61 Å². The van der Waals surface area contributed by atoms with Gasteiger partial charge in [0.25, 0.3) is 0 Å². The summed E-state index contributed by atoms with van der Waals surface area (Å²) in [6, 6.07) is 3.70. The quantitative estimate of drug-likeness (QED) is 0.458. The summed E-state index contributed by atoms with van der Waals surface area (Å²) in [6.45, 7) is 8.80. The normalized spacial score (nSPS) is 36.7. The van der Waals surface area contributed by atoms with Crippen molar-refractivity contribution in [2.75, 3.05) is 26.8 Å². The van der Waals surface area contributed by atoms with E-state index in [9.17, 15) is 9.90 Å². The fourth-order valence-corrected chi connectivity index (χ4v) is 8.48. The lowest BCUT2D eigenvalue weighted by atomic mass is 9.43. The second-order valence-electron chi connectivity index (χ2n) is 12.6. The maximum absolute atomic E-state index is 12.9. The number of fused-ring (bicyclic) bond motifs is 2. The molecule has 8 atom stereocenters. The molecule has 0 aromatic heterocycles. The lowest BCUT2D eigenvalue weighted by Gasteiger charge is -2.66. The number of nitrogens with two attached hydrogens (primary N) is 1. The van der Waals surface area contributed by atoms with Crippen LogP contribution in [0.25, 0.3) is 0 Å². The molecule has 1 heterocycles. The summed E-state index contributed by atoms with van der Waals surface area (Å²) in [4.78, 5) is 15.6. The van der Waals surface area contributed by atoms with Crippen molar-refractivity contribution in [1.29, 1.82) is 0 Å². The molecule has 3 N–H and O–H groups in total. The minimum Gasteiger partial charge on any atom is -0.504 e. The van der Waals surface area contributed by atoms with Gasteiger partial charge in [0.15, 0.2) is 11.5 Å². The number of hydrogen-bond donors (Lipinski definition) is 2. The van der Waals surface area contributed by atoms with E-state index in [4.69, 9.17) is 19.9 Å². The summed E-state index contributed by atoms with van der Waals surface area (Å²) in [6.07, 6.45) is 7.13. The largest absolute Gasteiger partial charge is 0.504 e. The van der Waals surface area contributed by atoms with Gasteiger partial charge in [-0.05, 0) is 74.0 Å². The molecule has 1 aromatic rings. The van der Waals surface area contributed by atoms with E-state index in [2.05, 4.69) is 17.9 Å². The molecule has 1 spiro atoms. The Morgan fingerprint density at radius 3 is 2.76 bits per heavy atom. The number of nitrogens with zero attached hydrogens (tertiary/aromatic N) is 1. The highest BCUT2D eigenvalue weighted by atomic mass is 16.6. The van der Waals surface area contributed by atoms with Crippen molar-refractivity contribution in [2.24, 2.45) is 28.9 Å². The molecule has 7 rings (SSSR count). The fraction of sp³-hybridized carbons (Fsp3) is 0.767. The van der Waals surface area contributed by atoms with Crippen molar-refractivity contribution in [1.82, 2.24) is 4.90 Å². The Balaban J connectivity index is 1.38. The van der Waals surface area contributed by atoms with Crippen LogP contribution in [-0.2, 0) is 20.7 Å². The second kappa shape index (κ2) is 9.13. The van der Waals surface area contributed by atoms with E-state index in [0.717, 1.165) is 51.1 Å². The zero-order valence-corrected chi connectivity index (χ0v) is 22.9. The molecule has 2 bridgehead atoms. The topological polar surface area (TPSA) is 94.3 Å². The fourth-order valence-electron chi connectivity index (χ4n) is 8.48. The minimum atomic E-state index is -0.613. The number of aromatic hydroxyl groups is 1. The highest BCUT2D eigenvalue weighted by Crippen LogP contribution is 2.71. The first-order valence-electron chi connectivity index (χ1n) is 14.5. The average Bonchev–Trinajstić information content (AvgIpc) is 3.64. The van der Waals surface area contributed by atoms with E-state index >= 15 is 0 Å². The number of carbonyl (C=O) groups excluding carboxylic acids is 1. The molecule has 204 valence electrons. The Labute approximate surface area is 221 Å². The maximum atomic E-state index is 12.9. The number of carbonyl (C=O) groups is 1. The Bertz CT molecular complexity index is 1060. The van der Waals surface area contributed by atoms with Crippen molar-refractivity contribution >= 4 is 5.97 Å². The van der Waals surface area contributed by atoms with Gasteiger partial charge in [-0.15, -0.1) is 0 Å². The third-order valence-corrected chi connectivity index (χ3v) is 11.0. The highest BCUT2D eigenvalue weighted by Gasteiger charge is 2.73. The van der Waals surface area contributed by atoms with Gasteiger partial charge in [-0.2, -0.15) is 0 Å². The van der Waals surface area contributed by atoms with Gasteiger partial charge in [0.1, 0.15) is 17.7 Å². The molecule has 0 saturated heterocycles. The minimum absolute atomic E-state index is 0.00219. The van der Waals surface area contributed by atoms with Gasteiger partial charge < -0.3 is 25.1 Å². The average molecular weight is 513 g/mol. The van der Waals surface area contributed by atoms with Gasteiger partial charge >= 0.3 is 5.97 Å². The first kappa shape index (κ1) is 25.4. The predicted octanol–water partition coefficient (Wildman–Crippen LogP) is 4.00. The number of phenolic OH excluding ortho intramolecular Hbond substituents is 1. The van der Waals surface area contributed by atoms with Crippen LogP contribution in [0, 0.1) is 23.2 Å². The van der Waals surface area contributed by atoms with E-state index in [1.807, 2.05) is 13.8 Å². The molecule has 7 nitrogen and oxygen atoms in total. The number of benzene rings is 1. The van der Waals surface area contributed by atoms with E-state index in [-0.39, 0.29) is 41.0 Å². The molecule has 1 aromatic carbocycles. The number of methoxy groups -OCH3 is 1. The summed E-state index contributed by atoms with van der Waals surface area (Å²) >= 11 is 0. The highest BCUT2D eigenvalue weighted by molar-refractivity contribution is 5.75.